The van der Waals surface area contributed by atoms with Crippen LogP contribution >= 0.6 is 11.6 Å². The molecule has 0 N–H and O–H groups in total. The predicted molar refractivity (Wildman–Crippen MR) is 65.1 cm³/mol. The molecule has 0 aliphatic carbocycles. The van der Waals surface area contributed by atoms with E-state index in [1.807, 2.05) is 6.07 Å². The lowest BCUT2D eigenvalue weighted by atomic mass is 9.98. The van der Waals surface area contributed by atoms with Crippen molar-refractivity contribution in [2.75, 3.05) is 13.1 Å². The number of alkyl halides is 1. The van der Waals surface area contributed by atoms with Gasteiger partial charge in [-0.3, -0.25) is 4.90 Å². The first kappa shape index (κ1) is 11.9. The van der Waals surface area contributed by atoms with Gasteiger partial charge in [0.2, 0.25) is 0 Å². The van der Waals surface area contributed by atoms with Crippen LogP contribution < -0.4 is 0 Å². The van der Waals surface area contributed by atoms with Crippen molar-refractivity contribution < 1.29 is 4.39 Å². The third-order valence-electron chi connectivity index (χ3n) is 3.25. The van der Waals surface area contributed by atoms with Gasteiger partial charge in [-0.25, -0.2) is 4.39 Å². The number of hydrogen-bond acceptors (Lipinski definition) is 1. The Bertz CT molecular complexity index is 356. The Balaban J connectivity index is 1.95. The molecule has 0 amide bonds. The maximum absolute atomic E-state index is 13.0. The molecule has 88 valence electrons. The van der Waals surface area contributed by atoms with Crippen LogP contribution in [0.15, 0.2) is 24.3 Å². The second kappa shape index (κ2) is 5.15. The Hall–Kier alpha value is -0.600. The summed E-state index contributed by atoms with van der Waals surface area (Å²) in [6.45, 7) is 4.95. The average Bonchev–Trinajstić information content (AvgIpc) is 2.24. The van der Waals surface area contributed by atoms with Crippen LogP contribution in [0, 0.1) is 11.7 Å². The standard InChI is InChI=1S/C13H17ClFN/c1-10-5-6-16(9-13(10)14)8-11-3-2-4-12(15)7-11/h2-4,7,10,13H,5-6,8-9H2,1H3. The molecule has 3 heteroatoms. The highest BCUT2D eigenvalue weighted by atomic mass is 35.5. The summed E-state index contributed by atoms with van der Waals surface area (Å²) in [6, 6.07) is 6.80. The van der Waals surface area contributed by atoms with Gasteiger partial charge in [0, 0.05) is 18.5 Å². The quantitative estimate of drug-likeness (QED) is 0.719. The minimum absolute atomic E-state index is 0.162. The zero-order chi connectivity index (χ0) is 11.5. The Kier molecular flexibility index (Phi) is 3.82. The van der Waals surface area contributed by atoms with Gasteiger partial charge in [-0.15, -0.1) is 11.6 Å². The molecule has 0 bridgehead atoms. The summed E-state index contributed by atoms with van der Waals surface area (Å²) >= 11 is 6.24. The van der Waals surface area contributed by atoms with Gasteiger partial charge < -0.3 is 0 Å². The molecule has 1 aliphatic heterocycles. The second-order valence-electron chi connectivity index (χ2n) is 4.65. The first-order chi connectivity index (χ1) is 7.65. The van der Waals surface area contributed by atoms with Crippen molar-refractivity contribution in [1.29, 1.82) is 0 Å². The van der Waals surface area contributed by atoms with Crippen LogP contribution in [0.1, 0.15) is 18.9 Å². The van der Waals surface area contributed by atoms with Gasteiger partial charge in [-0.2, -0.15) is 0 Å². The predicted octanol–water partition coefficient (Wildman–Crippen LogP) is 3.27. The van der Waals surface area contributed by atoms with Crippen LogP contribution in [0.5, 0.6) is 0 Å². The monoisotopic (exact) mass is 241 g/mol. The maximum Gasteiger partial charge on any atom is 0.123 e. The van der Waals surface area contributed by atoms with Crippen LogP contribution in [0.4, 0.5) is 4.39 Å². The van der Waals surface area contributed by atoms with E-state index in [0.717, 1.165) is 31.6 Å². The van der Waals surface area contributed by atoms with Crippen molar-refractivity contribution in [1.82, 2.24) is 4.90 Å². The van der Waals surface area contributed by atoms with Crippen molar-refractivity contribution in [2.45, 2.75) is 25.3 Å². The van der Waals surface area contributed by atoms with Gasteiger partial charge in [-0.1, -0.05) is 19.1 Å². The fourth-order valence-electron chi connectivity index (χ4n) is 2.12. The van der Waals surface area contributed by atoms with E-state index in [0.29, 0.717) is 5.92 Å². The van der Waals surface area contributed by atoms with Crippen LogP contribution in [0.3, 0.4) is 0 Å². The Morgan fingerprint density at radius 1 is 1.50 bits per heavy atom. The van der Waals surface area contributed by atoms with Gasteiger partial charge in [-0.05, 0) is 36.6 Å². The second-order valence-corrected chi connectivity index (χ2v) is 5.21. The van der Waals surface area contributed by atoms with Crippen LogP contribution in [-0.4, -0.2) is 23.4 Å². The summed E-state index contributed by atoms with van der Waals surface area (Å²) in [6.07, 6.45) is 1.13. The smallest absolute Gasteiger partial charge is 0.123 e. The molecule has 1 aliphatic rings. The van der Waals surface area contributed by atoms with E-state index >= 15 is 0 Å². The fourth-order valence-corrected chi connectivity index (χ4v) is 2.44. The molecule has 1 nitrogen and oxygen atoms in total. The van der Waals surface area contributed by atoms with E-state index in [4.69, 9.17) is 11.6 Å². The molecule has 0 radical (unpaired) electrons. The largest absolute Gasteiger partial charge is 0.298 e. The van der Waals surface area contributed by atoms with Gasteiger partial charge >= 0.3 is 0 Å². The number of nitrogens with zero attached hydrogens (tertiary/aromatic N) is 1. The fraction of sp³-hybridized carbons (Fsp3) is 0.538. The number of piperidine rings is 1. The van der Waals surface area contributed by atoms with E-state index < -0.39 is 0 Å². The molecule has 1 heterocycles. The number of benzene rings is 1. The van der Waals surface area contributed by atoms with Gasteiger partial charge in [0.15, 0.2) is 0 Å². The van der Waals surface area contributed by atoms with Crippen molar-refractivity contribution in [2.24, 2.45) is 5.92 Å². The molecule has 0 saturated carbocycles. The Morgan fingerprint density at radius 3 is 3.00 bits per heavy atom. The number of likely N-dealkylation sites (tertiary alicyclic amines) is 1. The van der Waals surface area contributed by atoms with Crippen molar-refractivity contribution >= 4 is 11.6 Å². The number of rotatable bonds is 2. The minimum atomic E-state index is -0.162. The summed E-state index contributed by atoms with van der Waals surface area (Å²) < 4.78 is 13.0. The summed E-state index contributed by atoms with van der Waals surface area (Å²) in [4.78, 5) is 2.30. The molecule has 2 atom stereocenters. The van der Waals surface area contributed by atoms with Crippen molar-refractivity contribution in [3.05, 3.63) is 35.6 Å². The molecule has 2 rings (SSSR count). The van der Waals surface area contributed by atoms with Crippen LogP contribution in [0.25, 0.3) is 0 Å². The summed E-state index contributed by atoms with van der Waals surface area (Å²) in [5.41, 5.74) is 1.03. The Labute approximate surface area is 101 Å². The summed E-state index contributed by atoms with van der Waals surface area (Å²) in [5, 5.41) is 0.224. The summed E-state index contributed by atoms with van der Waals surface area (Å²) in [7, 11) is 0. The Morgan fingerprint density at radius 2 is 2.31 bits per heavy atom. The van der Waals surface area contributed by atoms with Crippen molar-refractivity contribution in [3.8, 4) is 0 Å². The minimum Gasteiger partial charge on any atom is -0.298 e. The lowest BCUT2D eigenvalue weighted by Gasteiger charge is -2.33. The van der Waals surface area contributed by atoms with E-state index in [2.05, 4.69) is 11.8 Å². The molecule has 0 spiro atoms. The van der Waals surface area contributed by atoms with Gasteiger partial charge in [0.05, 0.1) is 0 Å². The SMILES string of the molecule is CC1CCN(Cc2cccc(F)c2)CC1Cl. The lowest BCUT2D eigenvalue weighted by molar-refractivity contribution is 0.189. The summed E-state index contributed by atoms with van der Waals surface area (Å²) in [5.74, 6) is 0.427. The van der Waals surface area contributed by atoms with Gasteiger partial charge in [0.25, 0.3) is 0 Å². The zero-order valence-corrected chi connectivity index (χ0v) is 10.3. The van der Waals surface area contributed by atoms with E-state index in [9.17, 15) is 4.39 Å². The van der Waals surface area contributed by atoms with Crippen LogP contribution in [0.2, 0.25) is 0 Å². The maximum atomic E-state index is 13.0. The van der Waals surface area contributed by atoms with E-state index in [-0.39, 0.29) is 11.2 Å². The molecular weight excluding hydrogens is 225 g/mol. The molecule has 0 aromatic heterocycles. The third-order valence-corrected chi connectivity index (χ3v) is 3.81. The third kappa shape index (κ3) is 2.96. The molecular formula is C13H17ClFN. The molecule has 1 aromatic rings. The van der Waals surface area contributed by atoms with E-state index in [1.165, 1.54) is 6.07 Å². The highest BCUT2D eigenvalue weighted by Gasteiger charge is 2.24. The molecule has 1 fully saturated rings. The van der Waals surface area contributed by atoms with Crippen LogP contribution in [-0.2, 0) is 6.54 Å². The molecule has 16 heavy (non-hydrogen) atoms. The molecule has 1 saturated heterocycles. The number of hydrogen-bond donors (Lipinski definition) is 0. The highest BCUT2D eigenvalue weighted by Crippen LogP contribution is 2.23. The first-order valence-electron chi connectivity index (χ1n) is 5.76. The number of halogens is 2. The van der Waals surface area contributed by atoms with E-state index in [1.54, 1.807) is 12.1 Å². The van der Waals surface area contributed by atoms with Gasteiger partial charge in [0.1, 0.15) is 5.82 Å². The topological polar surface area (TPSA) is 3.24 Å². The normalized spacial score (nSPS) is 26.9. The highest BCUT2D eigenvalue weighted by molar-refractivity contribution is 6.21. The average molecular weight is 242 g/mol. The lowest BCUT2D eigenvalue weighted by Crippen LogP contribution is -2.39. The molecule has 1 aromatic carbocycles. The zero-order valence-electron chi connectivity index (χ0n) is 9.50. The molecule has 2 unspecified atom stereocenters. The van der Waals surface area contributed by atoms with Crippen molar-refractivity contribution in [3.63, 3.8) is 0 Å². The first-order valence-corrected chi connectivity index (χ1v) is 6.19.